The third-order valence-electron chi connectivity index (χ3n) is 5.29. The van der Waals surface area contributed by atoms with Crippen LogP contribution in [0.5, 0.6) is 0 Å². The molecule has 0 radical (unpaired) electrons. The first-order valence-electron chi connectivity index (χ1n) is 9.46. The van der Waals surface area contributed by atoms with Crippen LogP contribution in [-0.4, -0.2) is 42.1 Å². The van der Waals surface area contributed by atoms with E-state index in [1.165, 1.54) is 22.8 Å². The number of hydrogen-bond acceptors (Lipinski definition) is 6. The molecule has 0 atom stereocenters. The number of anilines is 1. The van der Waals surface area contributed by atoms with E-state index in [-0.39, 0.29) is 17.1 Å². The van der Waals surface area contributed by atoms with E-state index in [0.29, 0.717) is 19.0 Å². The van der Waals surface area contributed by atoms with Crippen LogP contribution in [0.15, 0.2) is 23.3 Å². The van der Waals surface area contributed by atoms with Gasteiger partial charge in [0.2, 0.25) is 0 Å². The Hall–Kier alpha value is -2.19. The minimum absolute atomic E-state index is 0.0107. The first-order valence-corrected chi connectivity index (χ1v) is 10.3. The van der Waals surface area contributed by atoms with E-state index in [0.717, 1.165) is 43.6 Å². The number of nitrogens with one attached hydrogen (secondary N) is 2. The number of nitrogens with zero attached hydrogens (tertiary/aromatic N) is 2. The van der Waals surface area contributed by atoms with E-state index in [1.807, 2.05) is 13.0 Å². The van der Waals surface area contributed by atoms with Gasteiger partial charge in [-0.05, 0) is 37.3 Å². The van der Waals surface area contributed by atoms with E-state index >= 15 is 0 Å². The van der Waals surface area contributed by atoms with Crippen molar-refractivity contribution in [1.82, 2.24) is 15.3 Å². The van der Waals surface area contributed by atoms with Crippen LogP contribution in [0.4, 0.5) is 5.82 Å². The molecule has 4 heterocycles. The Balaban J connectivity index is 1.53. The van der Waals surface area contributed by atoms with Crippen LogP contribution in [-0.2, 0) is 16.8 Å². The second-order valence-electron chi connectivity index (χ2n) is 7.07. The normalized spacial score (nSPS) is 18.3. The molecule has 1 spiro atoms. The summed E-state index contributed by atoms with van der Waals surface area (Å²) in [5.74, 6) is 0.715. The van der Waals surface area contributed by atoms with Gasteiger partial charge in [-0.2, -0.15) is 0 Å². The number of carbonyl (C=O) groups is 1. The summed E-state index contributed by atoms with van der Waals surface area (Å²) in [6, 6.07) is 3.58. The summed E-state index contributed by atoms with van der Waals surface area (Å²) >= 11 is 1.57. The largest absolute Gasteiger partial charge is 0.369 e. The third kappa shape index (κ3) is 3.51. The maximum absolute atomic E-state index is 12.4. The minimum atomic E-state index is -0.320. The van der Waals surface area contributed by atoms with Crippen LogP contribution in [0.2, 0.25) is 0 Å². The smallest absolute Gasteiger partial charge is 0.261 e. The number of H-pyrrole nitrogens is 1. The Morgan fingerprint density at radius 2 is 2.22 bits per heavy atom. The number of rotatable bonds is 4. The lowest BCUT2D eigenvalue weighted by Gasteiger charge is -2.44. The molecule has 0 bridgehead atoms. The average molecular weight is 388 g/mol. The van der Waals surface area contributed by atoms with Gasteiger partial charge in [0.05, 0.1) is 17.8 Å². The minimum Gasteiger partial charge on any atom is -0.369 e. The van der Waals surface area contributed by atoms with Crippen molar-refractivity contribution in [2.75, 3.05) is 31.1 Å². The molecule has 2 aliphatic rings. The Bertz CT molecular complexity index is 883. The van der Waals surface area contributed by atoms with E-state index in [9.17, 15) is 9.59 Å². The van der Waals surface area contributed by atoms with Gasteiger partial charge in [-0.3, -0.25) is 9.59 Å². The van der Waals surface area contributed by atoms with Crippen molar-refractivity contribution in [3.8, 4) is 0 Å². The van der Waals surface area contributed by atoms with Gasteiger partial charge in [0.1, 0.15) is 11.4 Å². The highest BCUT2D eigenvalue weighted by atomic mass is 32.1. The number of piperidine rings is 1. The maximum Gasteiger partial charge on any atom is 0.261 e. The first-order chi connectivity index (χ1) is 13.1. The number of carbonyl (C=O) groups excluding carboxylic acids is 1. The van der Waals surface area contributed by atoms with Gasteiger partial charge in [0.25, 0.3) is 11.5 Å². The lowest BCUT2D eigenvalue weighted by atomic mass is 9.85. The lowest BCUT2D eigenvalue weighted by molar-refractivity contribution is -0.0735. The number of aromatic nitrogens is 2. The summed E-state index contributed by atoms with van der Waals surface area (Å²) in [6.45, 7) is 4.96. The molecule has 0 aromatic carbocycles. The highest BCUT2D eigenvalue weighted by Gasteiger charge is 2.43. The molecule has 27 heavy (non-hydrogen) atoms. The van der Waals surface area contributed by atoms with Crippen LogP contribution in [0.25, 0.3) is 0 Å². The summed E-state index contributed by atoms with van der Waals surface area (Å²) in [5.41, 5.74) is 0.785. The molecule has 1 amide bonds. The summed E-state index contributed by atoms with van der Waals surface area (Å²) in [6.07, 6.45) is 4.87. The lowest BCUT2D eigenvalue weighted by Crippen LogP contribution is -2.46. The summed E-state index contributed by atoms with van der Waals surface area (Å²) in [4.78, 5) is 34.9. The van der Waals surface area contributed by atoms with Crippen molar-refractivity contribution < 1.29 is 9.53 Å². The van der Waals surface area contributed by atoms with Crippen LogP contribution in [0.1, 0.15) is 46.3 Å². The van der Waals surface area contributed by atoms with Gasteiger partial charge < -0.3 is 19.9 Å². The molecule has 144 valence electrons. The zero-order valence-electron chi connectivity index (χ0n) is 15.4. The van der Waals surface area contributed by atoms with E-state index in [2.05, 4.69) is 20.2 Å². The van der Waals surface area contributed by atoms with Gasteiger partial charge in [0, 0.05) is 30.6 Å². The first kappa shape index (κ1) is 18.2. The molecule has 2 aliphatic heterocycles. The molecule has 1 fully saturated rings. The number of ether oxygens (including phenoxy) is 1. The maximum atomic E-state index is 12.4. The van der Waals surface area contributed by atoms with Gasteiger partial charge in [-0.1, -0.05) is 6.92 Å². The predicted molar refractivity (Wildman–Crippen MR) is 105 cm³/mol. The fraction of sp³-hybridized carbons (Fsp3) is 0.526. The van der Waals surface area contributed by atoms with Gasteiger partial charge in [0.15, 0.2) is 0 Å². The Morgan fingerprint density at radius 3 is 2.96 bits per heavy atom. The van der Waals surface area contributed by atoms with Crippen molar-refractivity contribution in [2.24, 2.45) is 0 Å². The zero-order valence-corrected chi connectivity index (χ0v) is 16.2. The van der Waals surface area contributed by atoms with Crippen molar-refractivity contribution in [3.05, 3.63) is 44.1 Å². The SMILES string of the molecule is CCCNC(=O)c1cc2c(s1)C1(CCN(c3cc(=O)[nH]cn3)CC1)OCC2. The Labute approximate surface area is 161 Å². The second-order valence-corrected chi connectivity index (χ2v) is 8.12. The topological polar surface area (TPSA) is 87.3 Å². The monoisotopic (exact) mass is 388 g/mol. The number of hydrogen-bond donors (Lipinski definition) is 2. The number of thiophene rings is 1. The zero-order chi connectivity index (χ0) is 18.9. The summed E-state index contributed by atoms with van der Waals surface area (Å²) in [5, 5.41) is 2.96. The quantitative estimate of drug-likeness (QED) is 0.837. The number of fused-ring (bicyclic) bond motifs is 2. The van der Waals surface area contributed by atoms with Crippen molar-refractivity contribution in [3.63, 3.8) is 0 Å². The van der Waals surface area contributed by atoms with Crippen LogP contribution < -0.4 is 15.8 Å². The fourth-order valence-corrected chi connectivity index (χ4v) is 5.19. The van der Waals surface area contributed by atoms with E-state index < -0.39 is 0 Å². The molecule has 7 nitrogen and oxygen atoms in total. The molecule has 0 aliphatic carbocycles. The molecule has 2 aromatic rings. The molecule has 4 rings (SSSR count). The van der Waals surface area contributed by atoms with Gasteiger partial charge >= 0.3 is 0 Å². The Kier molecular flexibility index (Phi) is 5.01. The average Bonchev–Trinajstić information content (AvgIpc) is 3.13. The molecule has 2 aromatic heterocycles. The predicted octanol–water partition coefficient (Wildman–Crippen LogP) is 2.04. The standard InChI is InChI=1S/C19H24N4O3S/c1-2-6-20-18(25)14-10-13-3-9-26-19(17(13)27-14)4-7-23(8-5-19)15-11-16(24)22-12-21-15/h10-12H,2-9H2,1H3,(H,20,25)(H,21,22,24). The molecular formula is C19H24N4O3S. The second kappa shape index (κ2) is 7.44. The van der Waals surface area contributed by atoms with E-state index in [1.54, 1.807) is 11.3 Å². The van der Waals surface area contributed by atoms with E-state index in [4.69, 9.17) is 4.74 Å². The van der Waals surface area contributed by atoms with Crippen LogP contribution >= 0.6 is 11.3 Å². The molecule has 2 N–H and O–H groups in total. The fourth-order valence-electron chi connectivity index (χ4n) is 3.86. The third-order valence-corrected chi connectivity index (χ3v) is 6.65. The summed E-state index contributed by atoms with van der Waals surface area (Å²) in [7, 11) is 0. The molecule has 8 heteroatoms. The van der Waals surface area contributed by atoms with Crippen molar-refractivity contribution in [2.45, 2.75) is 38.2 Å². The number of amides is 1. The van der Waals surface area contributed by atoms with Crippen LogP contribution in [0.3, 0.4) is 0 Å². The molecule has 0 saturated carbocycles. The van der Waals surface area contributed by atoms with Gasteiger partial charge in [-0.25, -0.2) is 4.98 Å². The van der Waals surface area contributed by atoms with Gasteiger partial charge in [-0.15, -0.1) is 11.3 Å². The van der Waals surface area contributed by atoms with Crippen LogP contribution in [0, 0.1) is 0 Å². The molecular weight excluding hydrogens is 364 g/mol. The highest BCUT2D eigenvalue weighted by molar-refractivity contribution is 7.14. The number of aromatic amines is 1. The van der Waals surface area contributed by atoms with Crippen molar-refractivity contribution >= 4 is 23.1 Å². The highest BCUT2D eigenvalue weighted by Crippen LogP contribution is 2.45. The van der Waals surface area contributed by atoms with Crippen molar-refractivity contribution in [1.29, 1.82) is 0 Å². The molecule has 0 unspecified atom stereocenters. The Morgan fingerprint density at radius 1 is 1.41 bits per heavy atom. The summed E-state index contributed by atoms with van der Waals surface area (Å²) < 4.78 is 6.28. The molecule has 1 saturated heterocycles.